The molecule has 1 aromatic carbocycles. The highest BCUT2D eigenvalue weighted by Crippen LogP contribution is 2.26. The molecule has 162 valence electrons. The highest BCUT2D eigenvalue weighted by Gasteiger charge is 2.41. The topological polar surface area (TPSA) is 107 Å². The van der Waals surface area contributed by atoms with E-state index in [1.807, 2.05) is 0 Å². The van der Waals surface area contributed by atoms with Crippen LogP contribution in [-0.2, 0) is 19.2 Å². The van der Waals surface area contributed by atoms with E-state index in [1.54, 1.807) is 13.8 Å². The van der Waals surface area contributed by atoms with Crippen LogP contribution in [0.3, 0.4) is 0 Å². The van der Waals surface area contributed by atoms with Gasteiger partial charge in [0, 0.05) is 25.2 Å². The number of aliphatic carboxylic acids is 1. The number of carboxylic acids is 1. The van der Waals surface area contributed by atoms with E-state index in [-0.39, 0.29) is 24.8 Å². The standard InChI is InChI=1S/C21H26FN3O5/c1-12(2)18(20(28)24-9-3-4-16(24)21(29)30)23-19(27)13-10-17(26)25(11-13)15-7-5-14(22)6-8-15/h5-8,12-13,16,18H,3-4,9-11H2,1-2H3,(H,23,27)(H,29,30)/t13?,16?,18-/m0/s1. The zero-order valence-corrected chi connectivity index (χ0v) is 17.0. The summed E-state index contributed by atoms with van der Waals surface area (Å²) in [7, 11) is 0. The van der Waals surface area contributed by atoms with Crippen LogP contribution >= 0.6 is 0 Å². The second-order valence-corrected chi connectivity index (χ2v) is 8.14. The molecule has 2 N–H and O–H groups in total. The lowest BCUT2D eigenvalue weighted by atomic mass is 10.00. The fourth-order valence-corrected chi connectivity index (χ4v) is 4.00. The Balaban J connectivity index is 1.68. The summed E-state index contributed by atoms with van der Waals surface area (Å²) in [5.74, 6) is -3.45. The van der Waals surface area contributed by atoms with Crippen LogP contribution in [0, 0.1) is 17.7 Å². The van der Waals surface area contributed by atoms with Gasteiger partial charge in [-0.2, -0.15) is 0 Å². The van der Waals surface area contributed by atoms with Gasteiger partial charge in [0.15, 0.2) is 0 Å². The quantitative estimate of drug-likeness (QED) is 0.725. The third-order valence-corrected chi connectivity index (χ3v) is 5.69. The third kappa shape index (κ3) is 4.44. The predicted octanol–water partition coefficient (Wildman–Crippen LogP) is 1.39. The molecule has 2 saturated heterocycles. The van der Waals surface area contributed by atoms with Gasteiger partial charge in [0.05, 0.1) is 5.92 Å². The van der Waals surface area contributed by atoms with Gasteiger partial charge in [0.25, 0.3) is 0 Å². The number of nitrogens with zero attached hydrogens (tertiary/aromatic N) is 2. The summed E-state index contributed by atoms with van der Waals surface area (Å²) in [5, 5.41) is 12.1. The van der Waals surface area contributed by atoms with Crippen LogP contribution in [0.5, 0.6) is 0 Å². The molecule has 3 rings (SSSR count). The molecule has 2 aliphatic rings. The first kappa shape index (κ1) is 21.7. The van der Waals surface area contributed by atoms with Crippen molar-refractivity contribution in [2.24, 2.45) is 11.8 Å². The highest BCUT2D eigenvalue weighted by atomic mass is 19.1. The molecule has 2 unspecified atom stereocenters. The molecule has 8 nitrogen and oxygen atoms in total. The molecule has 3 amide bonds. The molecule has 0 aromatic heterocycles. The fourth-order valence-electron chi connectivity index (χ4n) is 4.00. The molecular weight excluding hydrogens is 393 g/mol. The van der Waals surface area contributed by atoms with Crippen molar-refractivity contribution in [2.75, 3.05) is 18.0 Å². The van der Waals surface area contributed by atoms with Gasteiger partial charge in [-0.05, 0) is 43.0 Å². The molecule has 1 aromatic rings. The number of nitrogens with one attached hydrogen (secondary N) is 1. The van der Waals surface area contributed by atoms with Crippen LogP contribution in [0.15, 0.2) is 24.3 Å². The van der Waals surface area contributed by atoms with Crippen molar-refractivity contribution in [3.8, 4) is 0 Å². The minimum absolute atomic E-state index is 0.0102. The van der Waals surface area contributed by atoms with Crippen molar-refractivity contribution in [3.63, 3.8) is 0 Å². The van der Waals surface area contributed by atoms with Gasteiger partial charge in [-0.3, -0.25) is 14.4 Å². The molecule has 9 heteroatoms. The van der Waals surface area contributed by atoms with E-state index in [4.69, 9.17) is 0 Å². The van der Waals surface area contributed by atoms with Gasteiger partial charge in [-0.25, -0.2) is 9.18 Å². The Morgan fingerprint density at radius 2 is 1.87 bits per heavy atom. The second-order valence-electron chi connectivity index (χ2n) is 8.14. The largest absolute Gasteiger partial charge is 0.480 e. The molecule has 30 heavy (non-hydrogen) atoms. The van der Waals surface area contributed by atoms with Crippen LogP contribution in [0.25, 0.3) is 0 Å². The van der Waals surface area contributed by atoms with Gasteiger partial charge < -0.3 is 20.2 Å². The van der Waals surface area contributed by atoms with Crippen molar-refractivity contribution >= 4 is 29.4 Å². The molecule has 0 saturated carbocycles. The molecular formula is C21H26FN3O5. The second kappa shape index (κ2) is 8.81. The summed E-state index contributed by atoms with van der Waals surface area (Å²) < 4.78 is 13.1. The molecule has 0 aliphatic carbocycles. The van der Waals surface area contributed by atoms with Gasteiger partial charge in [0.1, 0.15) is 17.9 Å². The average molecular weight is 419 g/mol. The number of anilines is 1. The smallest absolute Gasteiger partial charge is 0.326 e. The number of rotatable bonds is 6. The number of carbonyl (C=O) groups is 4. The Morgan fingerprint density at radius 3 is 2.47 bits per heavy atom. The zero-order chi connectivity index (χ0) is 22.0. The SMILES string of the molecule is CC(C)[C@H](NC(=O)C1CC(=O)N(c2ccc(F)cc2)C1)C(=O)N1CCCC1C(=O)O. The number of carbonyl (C=O) groups excluding carboxylic acids is 3. The third-order valence-electron chi connectivity index (χ3n) is 5.69. The van der Waals surface area contributed by atoms with Crippen molar-refractivity contribution in [1.82, 2.24) is 10.2 Å². The number of likely N-dealkylation sites (tertiary alicyclic amines) is 1. The summed E-state index contributed by atoms with van der Waals surface area (Å²) in [4.78, 5) is 52.3. The van der Waals surface area contributed by atoms with Crippen LogP contribution in [0.1, 0.15) is 33.1 Å². The molecule has 0 bridgehead atoms. The Kier molecular flexibility index (Phi) is 6.38. The van der Waals surface area contributed by atoms with Crippen LogP contribution in [-0.4, -0.2) is 58.9 Å². The average Bonchev–Trinajstić information content (AvgIpc) is 3.33. The Bertz CT molecular complexity index is 842. The summed E-state index contributed by atoms with van der Waals surface area (Å²) in [6, 6.07) is 3.71. The Hall–Kier alpha value is -2.97. The van der Waals surface area contributed by atoms with E-state index in [1.165, 1.54) is 34.1 Å². The van der Waals surface area contributed by atoms with Gasteiger partial charge in [0.2, 0.25) is 17.7 Å². The summed E-state index contributed by atoms with van der Waals surface area (Å²) in [6.07, 6.45) is 0.985. The molecule has 0 radical (unpaired) electrons. The van der Waals surface area contributed by atoms with Crippen LogP contribution < -0.4 is 10.2 Å². The highest BCUT2D eigenvalue weighted by molar-refractivity contribution is 6.01. The summed E-state index contributed by atoms with van der Waals surface area (Å²) >= 11 is 0. The summed E-state index contributed by atoms with van der Waals surface area (Å²) in [6.45, 7) is 4.03. The van der Waals surface area contributed by atoms with Crippen LogP contribution in [0.4, 0.5) is 10.1 Å². The molecule has 0 spiro atoms. The first-order valence-corrected chi connectivity index (χ1v) is 10.1. The van der Waals surface area contributed by atoms with Gasteiger partial charge in [-0.1, -0.05) is 13.8 Å². The van der Waals surface area contributed by atoms with Gasteiger partial charge >= 0.3 is 5.97 Å². The van der Waals surface area contributed by atoms with E-state index in [9.17, 15) is 28.7 Å². The number of hydrogen-bond donors (Lipinski definition) is 2. The number of amides is 3. The first-order chi connectivity index (χ1) is 14.2. The lowest BCUT2D eigenvalue weighted by Gasteiger charge is -2.30. The number of hydrogen-bond acceptors (Lipinski definition) is 4. The van der Waals surface area contributed by atoms with E-state index >= 15 is 0 Å². The van der Waals surface area contributed by atoms with E-state index in [2.05, 4.69) is 5.32 Å². The van der Waals surface area contributed by atoms with Crippen LogP contribution in [0.2, 0.25) is 0 Å². The lowest BCUT2D eigenvalue weighted by molar-refractivity contribution is -0.150. The molecule has 2 heterocycles. The maximum absolute atomic E-state index is 13.1. The van der Waals surface area contributed by atoms with Crippen molar-refractivity contribution in [1.29, 1.82) is 0 Å². The van der Waals surface area contributed by atoms with E-state index in [0.29, 0.717) is 25.1 Å². The number of benzene rings is 1. The van der Waals surface area contributed by atoms with Crippen molar-refractivity contribution < 1.29 is 28.7 Å². The number of carboxylic acid groups (broad SMARTS) is 1. The molecule has 2 fully saturated rings. The maximum atomic E-state index is 13.1. The maximum Gasteiger partial charge on any atom is 0.326 e. The molecule has 3 atom stereocenters. The fraction of sp³-hybridized carbons (Fsp3) is 0.524. The van der Waals surface area contributed by atoms with Crippen molar-refractivity contribution in [2.45, 2.75) is 45.2 Å². The lowest BCUT2D eigenvalue weighted by Crippen LogP contribution is -2.54. The minimum atomic E-state index is -1.05. The Labute approximate surface area is 174 Å². The predicted molar refractivity (Wildman–Crippen MR) is 106 cm³/mol. The van der Waals surface area contributed by atoms with E-state index < -0.39 is 41.6 Å². The minimum Gasteiger partial charge on any atom is -0.480 e. The van der Waals surface area contributed by atoms with E-state index in [0.717, 1.165) is 0 Å². The van der Waals surface area contributed by atoms with Gasteiger partial charge in [-0.15, -0.1) is 0 Å². The number of halogens is 1. The first-order valence-electron chi connectivity index (χ1n) is 10.1. The zero-order valence-electron chi connectivity index (χ0n) is 17.0. The van der Waals surface area contributed by atoms with Crippen molar-refractivity contribution in [3.05, 3.63) is 30.1 Å². The monoisotopic (exact) mass is 419 g/mol. The normalized spacial score (nSPS) is 22.5. The molecule has 2 aliphatic heterocycles. The summed E-state index contributed by atoms with van der Waals surface area (Å²) in [5.41, 5.74) is 0.509. The Morgan fingerprint density at radius 1 is 1.20 bits per heavy atom.